The van der Waals surface area contributed by atoms with E-state index in [2.05, 4.69) is 10.2 Å². The van der Waals surface area contributed by atoms with Crippen molar-refractivity contribution in [3.63, 3.8) is 0 Å². The molecule has 0 radical (unpaired) electrons. The van der Waals surface area contributed by atoms with Crippen LogP contribution < -0.4 is 5.32 Å². The Morgan fingerprint density at radius 3 is 2.25 bits per heavy atom. The number of aliphatic hydroxyl groups excluding tert-OH is 1. The molecule has 2 unspecified atom stereocenters. The van der Waals surface area contributed by atoms with Crippen LogP contribution in [0.25, 0.3) is 0 Å². The fraction of sp³-hybridized carbons (Fsp3) is 0.667. The number of aliphatic hydroxyl groups is 1. The summed E-state index contributed by atoms with van der Waals surface area (Å²) < 4.78 is 39.4. The maximum absolute atomic E-state index is 13.2. The molecule has 1 aliphatic carbocycles. The average Bonchev–Trinajstić information content (AvgIpc) is 2.59. The summed E-state index contributed by atoms with van der Waals surface area (Å²) in [7, 11) is 0. The van der Waals surface area contributed by atoms with E-state index >= 15 is 0 Å². The molecule has 3 rings (SSSR count). The van der Waals surface area contributed by atoms with Gasteiger partial charge in [-0.25, -0.2) is 13.2 Å². The fourth-order valence-corrected chi connectivity index (χ4v) is 3.93. The zero-order chi connectivity index (χ0) is 17.1. The van der Waals surface area contributed by atoms with Crippen LogP contribution in [-0.4, -0.2) is 41.3 Å². The molecule has 2 aliphatic rings. The summed E-state index contributed by atoms with van der Waals surface area (Å²) in [5, 5.41) is 13.5. The molecule has 1 heterocycles. The topological polar surface area (TPSA) is 35.5 Å². The smallest absolute Gasteiger partial charge is 0.194 e. The Morgan fingerprint density at radius 1 is 1.00 bits per heavy atom. The Morgan fingerprint density at radius 2 is 1.62 bits per heavy atom. The lowest BCUT2D eigenvalue weighted by Crippen LogP contribution is -2.51. The molecule has 2 atom stereocenters. The minimum absolute atomic E-state index is 0.214. The van der Waals surface area contributed by atoms with E-state index in [0.29, 0.717) is 12.1 Å². The second-order valence-electron chi connectivity index (χ2n) is 6.98. The van der Waals surface area contributed by atoms with Gasteiger partial charge in [0.05, 0.1) is 6.10 Å². The van der Waals surface area contributed by atoms with Crippen LogP contribution in [0.4, 0.5) is 13.2 Å². The fourth-order valence-electron chi connectivity index (χ4n) is 3.93. The largest absolute Gasteiger partial charge is 0.391 e. The lowest BCUT2D eigenvalue weighted by Gasteiger charge is -2.41. The molecular formula is C18H25F3N2O. The molecular weight excluding hydrogens is 317 g/mol. The Bertz CT molecular complexity index is 538. The van der Waals surface area contributed by atoms with Crippen LogP contribution in [0.1, 0.15) is 44.1 Å². The van der Waals surface area contributed by atoms with Gasteiger partial charge in [-0.1, -0.05) is 12.8 Å². The van der Waals surface area contributed by atoms with E-state index in [9.17, 15) is 18.3 Å². The lowest BCUT2D eigenvalue weighted by molar-refractivity contribution is 0.00714. The van der Waals surface area contributed by atoms with Crippen LogP contribution in [-0.2, 0) is 6.54 Å². The van der Waals surface area contributed by atoms with E-state index in [1.807, 2.05) is 0 Å². The van der Waals surface area contributed by atoms with Gasteiger partial charge in [-0.2, -0.15) is 0 Å². The van der Waals surface area contributed by atoms with E-state index in [1.165, 1.54) is 6.42 Å². The van der Waals surface area contributed by atoms with Gasteiger partial charge in [0.1, 0.15) is 0 Å². The highest BCUT2D eigenvalue weighted by Gasteiger charge is 2.31. The summed E-state index contributed by atoms with van der Waals surface area (Å²) >= 11 is 0. The van der Waals surface area contributed by atoms with E-state index in [0.717, 1.165) is 57.3 Å². The number of hydrogen-bond acceptors (Lipinski definition) is 3. The van der Waals surface area contributed by atoms with Crippen molar-refractivity contribution in [2.75, 3.05) is 13.1 Å². The molecule has 6 heteroatoms. The minimum Gasteiger partial charge on any atom is -0.391 e. The SMILES string of the molecule is OC1CCCCC1N1CCC(NCc2cc(F)c(F)c(F)c2)CC1. The van der Waals surface area contributed by atoms with E-state index < -0.39 is 17.5 Å². The predicted octanol–water partition coefficient (Wildman–Crippen LogP) is 2.96. The molecule has 0 aromatic heterocycles. The number of halogens is 3. The van der Waals surface area contributed by atoms with Crippen molar-refractivity contribution < 1.29 is 18.3 Å². The van der Waals surface area contributed by atoms with E-state index in [1.54, 1.807) is 0 Å². The zero-order valence-electron chi connectivity index (χ0n) is 13.8. The molecule has 0 bridgehead atoms. The predicted molar refractivity (Wildman–Crippen MR) is 86.0 cm³/mol. The summed E-state index contributed by atoms with van der Waals surface area (Å²) in [5.41, 5.74) is 0.413. The first kappa shape index (κ1) is 17.7. The van der Waals surface area contributed by atoms with Crippen molar-refractivity contribution in [2.24, 2.45) is 0 Å². The molecule has 0 spiro atoms. The maximum Gasteiger partial charge on any atom is 0.194 e. The van der Waals surface area contributed by atoms with Crippen LogP contribution in [0.5, 0.6) is 0 Å². The van der Waals surface area contributed by atoms with E-state index in [-0.39, 0.29) is 18.2 Å². The second-order valence-corrected chi connectivity index (χ2v) is 6.98. The van der Waals surface area contributed by atoms with E-state index in [4.69, 9.17) is 0 Å². The van der Waals surface area contributed by atoms with Crippen LogP contribution in [0.3, 0.4) is 0 Å². The van der Waals surface area contributed by atoms with Gasteiger partial charge in [-0.3, -0.25) is 4.90 Å². The zero-order valence-corrected chi connectivity index (χ0v) is 13.8. The molecule has 2 fully saturated rings. The Kier molecular flexibility index (Phi) is 5.79. The summed E-state index contributed by atoms with van der Waals surface area (Å²) in [4.78, 5) is 2.37. The normalized spacial score (nSPS) is 26.7. The summed E-state index contributed by atoms with van der Waals surface area (Å²) in [6, 6.07) is 2.64. The number of benzene rings is 1. The Balaban J connectivity index is 1.47. The Labute approximate surface area is 140 Å². The van der Waals surface area contributed by atoms with Crippen LogP contribution in [0, 0.1) is 17.5 Å². The number of nitrogens with one attached hydrogen (secondary N) is 1. The van der Waals surface area contributed by atoms with Crippen molar-refractivity contribution in [1.82, 2.24) is 10.2 Å². The van der Waals surface area contributed by atoms with Crippen molar-refractivity contribution in [1.29, 1.82) is 0 Å². The van der Waals surface area contributed by atoms with Crippen LogP contribution in [0.15, 0.2) is 12.1 Å². The summed E-state index contributed by atoms with van der Waals surface area (Å²) in [6.45, 7) is 2.17. The van der Waals surface area contributed by atoms with Gasteiger partial charge in [0.15, 0.2) is 17.5 Å². The average molecular weight is 342 g/mol. The third-order valence-corrected chi connectivity index (χ3v) is 5.33. The molecule has 1 aliphatic heterocycles. The Hall–Kier alpha value is -1.11. The van der Waals surface area contributed by atoms with Gasteiger partial charge >= 0.3 is 0 Å². The maximum atomic E-state index is 13.2. The molecule has 0 amide bonds. The third-order valence-electron chi connectivity index (χ3n) is 5.33. The van der Waals surface area contributed by atoms with Crippen molar-refractivity contribution in [3.8, 4) is 0 Å². The number of likely N-dealkylation sites (tertiary alicyclic amines) is 1. The highest BCUT2D eigenvalue weighted by atomic mass is 19.2. The van der Waals surface area contributed by atoms with Crippen molar-refractivity contribution >= 4 is 0 Å². The van der Waals surface area contributed by atoms with Gasteiger partial charge in [0.25, 0.3) is 0 Å². The second kappa shape index (κ2) is 7.85. The molecule has 24 heavy (non-hydrogen) atoms. The standard InChI is InChI=1S/C18H25F3N2O/c19-14-9-12(10-15(20)18(14)21)11-22-13-5-7-23(8-6-13)16-3-1-2-4-17(16)24/h9-10,13,16-17,22,24H,1-8,11H2. The van der Waals surface area contributed by atoms with Crippen LogP contribution in [0.2, 0.25) is 0 Å². The lowest BCUT2D eigenvalue weighted by atomic mass is 9.89. The van der Waals surface area contributed by atoms with Gasteiger partial charge in [-0.15, -0.1) is 0 Å². The quantitative estimate of drug-likeness (QED) is 0.826. The monoisotopic (exact) mass is 342 g/mol. The highest BCUT2D eigenvalue weighted by molar-refractivity contribution is 5.19. The van der Waals surface area contributed by atoms with Gasteiger partial charge in [-0.05, 0) is 43.4 Å². The molecule has 134 valence electrons. The molecule has 1 saturated heterocycles. The van der Waals surface area contributed by atoms with Crippen molar-refractivity contribution in [3.05, 3.63) is 35.1 Å². The molecule has 3 nitrogen and oxygen atoms in total. The first-order chi connectivity index (χ1) is 11.5. The van der Waals surface area contributed by atoms with Crippen molar-refractivity contribution in [2.45, 2.75) is 63.3 Å². The van der Waals surface area contributed by atoms with Gasteiger partial charge in [0.2, 0.25) is 0 Å². The first-order valence-corrected chi connectivity index (χ1v) is 8.83. The highest BCUT2D eigenvalue weighted by Crippen LogP contribution is 2.26. The molecule has 2 N–H and O–H groups in total. The number of rotatable bonds is 4. The van der Waals surface area contributed by atoms with Gasteiger partial charge in [0, 0.05) is 31.7 Å². The molecule has 1 saturated carbocycles. The minimum atomic E-state index is -1.42. The summed E-state index contributed by atoms with van der Waals surface area (Å²) in [6.07, 6.45) is 5.92. The molecule has 1 aromatic carbocycles. The first-order valence-electron chi connectivity index (χ1n) is 8.83. The van der Waals surface area contributed by atoms with Gasteiger partial charge < -0.3 is 10.4 Å². The third kappa shape index (κ3) is 4.10. The van der Waals surface area contributed by atoms with Crippen LogP contribution >= 0.6 is 0 Å². The molecule has 1 aromatic rings. The number of nitrogens with zero attached hydrogens (tertiary/aromatic N) is 1. The number of piperidine rings is 1. The number of hydrogen-bond donors (Lipinski definition) is 2. The summed E-state index contributed by atoms with van der Waals surface area (Å²) in [5.74, 6) is -3.71.